The van der Waals surface area contributed by atoms with E-state index in [9.17, 15) is 4.79 Å². The Hall–Kier alpha value is -2.90. The van der Waals surface area contributed by atoms with Gasteiger partial charge in [0.05, 0.1) is 5.56 Å². The number of aromatic nitrogens is 2. The Bertz CT molecular complexity index is 1060. The summed E-state index contributed by atoms with van der Waals surface area (Å²) in [5.41, 5.74) is 4.87. The van der Waals surface area contributed by atoms with E-state index in [4.69, 9.17) is 4.52 Å². The molecule has 1 fully saturated rings. The van der Waals surface area contributed by atoms with Crippen LogP contribution >= 0.6 is 0 Å². The zero-order chi connectivity index (χ0) is 22.7. The lowest BCUT2D eigenvalue weighted by atomic mass is 10.1. The van der Waals surface area contributed by atoms with Crippen LogP contribution in [0.2, 0.25) is 0 Å². The third-order valence-corrected chi connectivity index (χ3v) is 6.31. The van der Waals surface area contributed by atoms with Gasteiger partial charge in [0.15, 0.2) is 5.82 Å². The molecule has 3 heterocycles. The smallest absolute Gasteiger partial charge is 0.253 e. The summed E-state index contributed by atoms with van der Waals surface area (Å²) in [6.45, 7) is 15.1. The molecule has 0 radical (unpaired) electrons. The van der Waals surface area contributed by atoms with Crippen molar-refractivity contribution in [2.24, 2.45) is 0 Å². The maximum Gasteiger partial charge on any atom is 0.253 e. The number of aryl methyl sites for hydroxylation is 2. The highest BCUT2D eigenvalue weighted by molar-refractivity contribution is 5.95. The van der Waals surface area contributed by atoms with Crippen molar-refractivity contribution in [3.8, 4) is 5.82 Å². The second kappa shape index (κ2) is 9.71. The molecule has 1 N–H and O–H groups in total. The van der Waals surface area contributed by atoms with Crippen LogP contribution in [0.15, 0.2) is 40.9 Å². The van der Waals surface area contributed by atoms with Crippen LogP contribution in [0.4, 0.5) is 0 Å². The number of benzene rings is 1. The van der Waals surface area contributed by atoms with E-state index in [1.165, 1.54) is 5.56 Å². The van der Waals surface area contributed by atoms with E-state index < -0.39 is 0 Å². The van der Waals surface area contributed by atoms with E-state index >= 15 is 0 Å². The molecule has 0 atom stereocenters. The first-order chi connectivity index (χ1) is 15.4. The number of carbonyl (C=O) groups excluding carboxylic acids is 1. The highest BCUT2D eigenvalue weighted by atomic mass is 16.5. The van der Waals surface area contributed by atoms with Crippen LogP contribution in [0.1, 0.15) is 45.6 Å². The molecule has 0 saturated carbocycles. The SMILES string of the molecule is CCN1CCN(Cc2ccc(CNC(=O)c3cc(C)n(-c4cc(C)on4)c3C)cc2)CC1. The van der Waals surface area contributed by atoms with Gasteiger partial charge >= 0.3 is 0 Å². The minimum absolute atomic E-state index is 0.0811. The van der Waals surface area contributed by atoms with E-state index in [0.717, 1.165) is 62.0 Å². The van der Waals surface area contributed by atoms with E-state index in [1.807, 2.05) is 37.5 Å². The van der Waals surface area contributed by atoms with Gasteiger partial charge in [-0.2, -0.15) is 0 Å². The van der Waals surface area contributed by atoms with Crippen LogP contribution in [-0.4, -0.2) is 58.2 Å². The van der Waals surface area contributed by atoms with E-state index in [1.54, 1.807) is 0 Å². The Kier molecular flexibility index (Phi) is 6.77. The minimum Gasteiger partial charge on any atom is -0.360 e. The fraction of sp³-hybridized carbons (Fsp3) is 0.440. The van der Waals surface area contributed by atoms with Crippen LogP contribution in [0.3, 0.4) is 0 Å². The highest BCUT2D eigenvalue weighted by Gasteiger charge is 2.18. The molecule has 170 valence electrons. The van der Waals surface area contributed by atoms with E-state index in [2.05, 4.69) is 51.5 Å². The molecule has 7 heteroatoms. The van der Waals surface area contributed by atoms with Crippen molar-refractivity contribution in [2.45, 2.75) is 40.8 Å². The number of rotatable bonds is 7. The second-order valence-corrected chi connectivity index (χ2v) is 8.63. The zero-order valence-electron chi connectivity index (χ0n) is 19.5. The van der Waals surface area contributed by atoms with Crippen LogP contribution in [0.5, 0.6) is 0 Å². The van der Waals surface area contributed by atoms with Crippen molar-refractivity contribution in [3.63, 3.8) is 0 Å². The molecule has 0 aliphatic carbocycles. The number of nitrogens with zero attached hydrogens (tertiary/aromatic N) is 4. The Labute approximate surface area is 190 Å². The van der Waals surface area contributed by atoms with Crippen LogP contribution in [0, 0.1) is 20.8 Å². The lowest BCUT2D eigenvalue weighted by molar-refractivity contribution is 0.0950. The maximum atomic E-state index is 12.8. The molecular weight excluding hydrogens is 402 g/mol. The molecule has 1 amide bonds. The number of hydrogen-bond acceptors (Lipinski definition) is 5. The highest BCUT2D eigenvalue weighted by Crippen LogP contribution is 2.21. The quantitative estimate of drug-likeness (QED) is 0.616. The van der Waals surface area contributed by atoms with Crippen molar-refractivity contribution in [3.05, 3.63) is 70.2 Å². The molecule has 0 unspecified atom stereocenters. The zero-order valence-corrected chi connectivity index (χ0v) is 19.5. The first-order valence-electron chi connectivity index (χ1n) is 11.4. The molecule has 32 heavy (non-hydrogen) atoms. The van der Waals surface area contributed by atoms with Gasteiger partial charge in [0.25, 0.3) is 5.91 Å². The molecule has 1 saturated heterocycles. The average molecular weight is 436 g/mol. The average Bonchev–Trinajstić information content (AvgIpc) is 3.35. The summed E-state index contributed by atoms with van der Waals surface area (Å²) in [6, 6.07) is 12.3. The van der Waals surface area contributed by atoms with Crippen molar-refractivity contribution < 1.29 is 9.32 Å². The van der Waals surface area contributed by atoms with Crippen LogP contribution in [0.25, 0.3) is 5.82 Å². The van der Waals surface area contributed by atoms with Gasteiger partial charge < -0.3 is 14.7 Å². The first-order valence-corrected chi connectivity index (χ1v) is 11.4. The molecule has 1 aliphatic rings. The normalized spacial score (nSPS) is 15.2. The van der Waals surface area contributed by atoms with Gasteiger partial charge in [0.1, 0.15) is 5.76 Å². The predicted molar refractivity (Wildman–Crippen MR) is 125 cm³/mol. The summed E-state index contributed by atoms with van der Waals surface area (Å²) < 4.78 is 7.14. The van der Waals surface area contributed by atoms with Crippen LogP contribution in [-0.2, 0) is 13.1 Å². The Morgan fingerprint density at radius 3 is 2.28 bits per heavy atom. The third-order valence-electron chi connectivity index (χ3n) is 6.31. The Balaban J connectivity index is 1.33. The molecule has 3 aromatic rings. The molecular formula is C25H33N5O2. The molecule has 1 aromatic carbocycles. The van der Waals surface area contributed by atoms with E-state index in [-0.39, 0.29) is 5.91 Å². The molecule has 7 nitrogen and oxygen atoms in total. The summed E-state index contributed by atoms with van der Waals surface area (Å²) in [7, 11) is 0. The standard InChI is InChI=1S/C25H33N5O2/c1-5-28-10-12-29(13-11-28)17-22-8-6-21(7-9-22)16-26-25(31)23-14-18(2)30(20(23)4)24-15-19(3)32-27-24/h6-9,14-15H,5,10-13,16-17H2,1-4H3,(H,26,31). The van der Waals surface area contributed by atoms with Crippen molar-refractivity contribution in [1.82, 2.24) is 24.8 Å². The van der Waals surface area contributed by atoms with Crippen molar-refractivity contribution in [1.29, 1.82) is 0 Å². The van der Waals surface area contributed by atoms with Gasteiger partial charge in [-0.25, -0.2) is 0 Å². The van der Waals surface area contributed by atoms with Gasteiger partial charge in [0, 0.05) is 56.7 Å². The van der Waals surface area contributed by atoms with Gasteiger partial charge in [0.2, 0.25) is 0 Å². The third kappa shape index (κ3) is 4.95. The summed E-state index contributed by atoms with van der Waals surface area (Å²) in [5, 5.41) is 7.14. The summed E-state index contributed by atoms with van der Waals surface area (Å²) in [6.07, 6.45) is 0. The minimum atomic E-state index is -0.0811. The van der Waals surface area contributed by atoms with Gasteiger partial charge in [-0.1, -0.05) is 36.3 Å². The number of likely N-dealkylation sites (N-methyl/N-ethyl adjacent to an activating group) is 1. The number of piperazine rings is 1. The molecule has 0 spiro atoms. The largest absolute Gasteiger partial charge is 0.360 e. The maximum absolute atomic E-state index is 12.8. The summed E-state index contributed by atoms with van der Waals surface area (Å²) in [4.78, 5) is 17.8. The molecule has 4 rings (SSSR count). The lowest BCUT2D eigenvalue weighted by Gasteiger charge is -2.34. The van der Waals surface area contributed by atoms with Gasteiger partial charge in [-0.3, -0.25) is 14.3 Å². The second-order valence-electron chi connectivity index (χ2n) is 8.63. The van der Waals surface area contributed by atoms with Crippen molar-refractivity contribution in [2.75, 3.05) is 32.7 Å². The predicted octanol–water partition coefficient (Wildman–Crippen LogP) is 3.46. The number of nitrogens with one attached hydrogen (secondary N) is 1. The number of hydrogen-bond donors (Lipinski definition) is 1. The van der Waals surface area contributed by atoms with E-state index in [0.29, 0.717) is 17.9 Å². The molecule has 2 aromatic heterocycles. The Morgan fingerprint density at radius 1 is 1.00 bits per heavy atom. The number of carbonyl (C=O) groups is 1. The monoisotopic (exact) mass is 435 g/mol. The van der Waals surface area contributed by atoms with Gasteiger partial charge in [-0.15, -0.1) is 0 Å². The van der Waals surface area contributed by atoms with Crippen LogP contribution < -0.4 is 5.32 Å². The Morgan fingerprint density at radius 2 is 1.66 bits per heavy atom. The fourth-order valence-corrected chi connectivity index (χ4v) is 4.37. The number of amides is 1. The van der Waals surface area contributed by atoms with Crippen molar-refractivity contribution >= 4 is 5.91 Å². The van der Waals surface area contributed by atoms with Gasteiger partial charge in [-0.05, 0) is 44.5 Å². The topological polar surface area (TPSA) is 66.5 Å². The summed E-state index contributed by atoms with van der Waals surface area (Å²) in [5.74, 6) is 1.36. The molecule has 0 bridgehead atoms. The first kappa shape index (κ1) is 22.3. The molecule has 1 aliphatic heterocycles. The fourth-order valence-electron chi connectivity index (χ4n) is 4.37. The lowest BCUT2D eigenvalue weighted by Crippen LogP contribution is -2.45. The summed E-state index contributed by atoms with van der Waals surface area (Å²) >= 11 is 0.